The molecule has 0 unspecified atom stereocenters. The van der Waals surface area contributed by atoms with Gasteiger partial charge in [-0.3, -0.25) is 9.59 Å². The van der Waals surface area contributed by atoms with Gasteiger partial charge in [0.2, 0.25) is 0 Å². The van der Waals surface area contributed by atoms with E-state index in [1.54, 1.807) is 0 Å². The molecule has 0 N–H and O–H groups in total. The fourth-order valence-corrected chi connectivity index (χ4v) is 10.2. The first-order valence-corrected chi connectivity index (χ1v) is 17.5. The van der Waals surface area contributed by atoms with Crippen LogP contribution in [0.4, 0.5) is 11.4 Å². The molecule has 6 aromatic rings. The molecule has 1 fully saturated rings. The van der Waals surface area contributed by atoms with E-state index in [2.05, 4.69) is 80.3 Å². The predicted molar refractivity (Wildman–Crippen MR) is 196 cm³/mol. The van der Waals surface area contributed by atoms with Crippen LogP contribution in [-0.2, 0) is 5.41 Å². The molecule has 1 aliphatic heterocycles. The number of carbonyl (C=O) groups is 2. The van der Waals surface area contributed by atoms with Crippen molar-refractivity contribution in [2.24, 2.45) is 0 Å². The van der Waals surface area contributed by atoms with Crippen LogP contribution in [0.25, 0.3) is 30.9 Å². The summed E-state index contributed by atoms with van der Waals surface area (Å²) in [6, 6.07) is 29.6. The van der Waals surface area contributed by atoms with Crippen LogP contribution in [0.3, 0.4) is 0 Å². The summed E-state index contributed by atoms with van der Waals surface area (Å²) in [5.41, 5.74) is 9.77. The highest BCUT2D eigenvalue weighted by atomic mass is 32.1. The fraction of sp³-hybridized carbons (Fsp3) is 0.209. The molecule has 1 spiro atoms. The van der Waals surface area contributed by atoms with E-state index in [9.17, 15) is 9.59 Å². The summed E-state index contributed by atoms with van der Waals surface area (Å²) in [7, 11) is 0. The molecule has 0 atom stereocenters. The monoisotopic (exact) mass is 629 g/mol. The van der Waals surface area contributed by atoms with Gasteiger partial charge in [-0.05, 0) is 91.9 Å². The van der Waals surface area contributed by atoms with E-state index in [0.717, 1.165) is 36.5 Å². The van der Waals surface area contributed by atoms with Crippen molar-refractivity contribution in [1.29, 1.82) is 0 Å². The highest BCUT2D eigenvalue weighted by Crippen LogP contribution is 2.61. The lowest BCUT2D eigenvalue weighted by Crippen LogP contribution is -2.32. The minimum absolute atomic E-state index is 0.179. The summed E-state index contributed by atoms with van der Waals surface area (Å²) in [6.45, 7) is 6.57. The average molecular weight is 630 g/mol. The van der Waals surface area contributed by atoms with Gasteiger partial charge in [0.15, 0.2) is 11.6 Å². The molecule has 2 aliphatic carbocycles. The van der Waals surface area contributed by atoms with Gasteiger partial charge >= 0.3 is 0 Å². The molecule has 47 heavy (non-hydrogen) atoms. The Hall–Kier alpha value is -4.80. The zero-order chi connectivity index (χ0) is 32.0. The van der Waals surface area contributed by atoms with Crippen molar-refractivity contribution < 1.29 is 9.59 Å². The Morgan fingerprint density at radius 3 is 2.02 bits per heavy atom. The zero-order valence-corrected chi connectivity index (χ0v) is 27.8. The molecule has 3 nitrogen and oxygen atoms in total. The number of nitrogens with zero attached hydrogens (tertiary/aromatic N) is 1. The lowest BCUT2D eigenvalue weighted by atomic mass is 9.68. The van der Waals surface area contributed by atoms with Crippen LogP contribution in [0, 0.1) is 20.8 Å². The molecule has 9 rings (SSSR count). The summed E-state index contributed by atoms with van der Waals surface area (Å²) in [4.78, 5) is 30.2. The molecule has 2 heterocycles. The minimum atomic E-state index is -0.221. The van der Waals surface area contributed by atoms with E-state index < -0.39 is 0 Å². The van der Waals surface area contributed by atoms with Crippen molar-refractivity contribution in [3.05, 3.63) is 142 Å². The van der Waals surface area contributed by atoms with Crippen LogP contribution >= 0.6 is 11.3 Å². The molecule has 0 bridgehead atoms. The number of fused-ring (bicyclic) bond motifs is 8. The molecule has 0 saturated heterocycles. The van der Waals surface area contributed by atoms with Gasteiger partial charge in [0.1, 0.15) is 0 Å². The van der Waals surface area contributed by atoms with Crippen LogP contribution in [-0.4, -0.2) is 11.6 Å². The van der Waals surface area contributed by atoms with Crippen molar-refractivity contribution in [3.8, 4) is 0 Å². The van der Waals surface area contributed by atoms with Gasteiger partial charge < -0.3 is 4.90 Å². The van der Waals surface area contributed by atoms with Gasteiger partial charge in [-0.15, -0.1) is 11.3 Å². The molecule has 0 amide bonds. The van der Waals surface area contributed by atoms with Gasteiger partial charge in [0, 0.05) is 48.0 Å². The lowest BCUT2D eigenvalue weighted by molar-refractivity contribution is 0.0988. The third-order valence-electron chi connectivity index (χ3n) is 10.8. The molecule has 0 radical (unpaired) electrons. The van der Waals surface area contributed by atoms with Gasteiger partial charge in [-0.2, -0.15) is 0 Å². The number of benzene rings is 5. The number of anilines is 2. The smallest absolute Gasteiger partial charge is 0.197 e. The first-order chi connectivity index (χ1) is 22.9. The van der Waals surface area contributed by atoms with E-state index in [1.165, 1.54) is 65.9 Å². The fourth-order valence-electron chi connectivity index (χ4n) is 8.88. The maximum absolute atomic E-state index is 13.9. The molecular weight excluding hydrogens is 595 g/mol. The molecule has 230 valence electrons. The summed E-state index contributed by atoms with van der Waals surface area (Å²) < 4.78 is 2.67. The Balaban J connectivity index is 1.31. The molecule has 5 aromatic carbocycles. The lowest BCUT2D eigenvalue weighted by Gasteiger charge is -2.37. The van der Waals surface area contributed by atoms with E-state index in [4.69, 9.17) is 0 Å². The second-order valence-corrected chi connectivity index (χ2v) is 14.7. The van der Waals surface area contributed by atoms with Crippen molar-refractivity contribution in [2.45, 2.75) is 58.3 Å². The van der Waals surface area contributed by atoms with Crippen LogP contribution in [0.5, 0.6) is 0 Å². The molecule has 4 heteroatoms. The van der Waals surface area contributed by atoms with E-state index in [1.807, 2.05) is 53.8 Å². The second kappa shape index (κ2) is 10.4. The van der Waals surface area contributed by atoms with Crippen molar-refractivity contribution in [1.82, 2.24) is 0 Å². The number of hydrogen-bond acceptors (Lipinski definition) is 4. The first kappa shape index (κ1) is 28.4. The number of carbonyl (C=O) groups excluding carboxylic acids is 2. The van der Waals surface area contributed by atoms with Crippen molar-refractivity contribution in [3.63, 3.8) is 0 Å². The Morgan fingerprint density at radius 2 is 1.34 bits per heavy atom. The Kier molecular flexibility index (Phi) is 6.26. The Bertz CT molecular complexity index is 2340. The first-order valence-electron chi connectivity index (χ1n) is 16.7. The summed E-state index contributed by atoms with van der Waals surface area (Å²) in [5.74, 6) is -0.357. The number of thiophene rings is 1. The number of Topliss-reactive ketones (excluding diaryl/α,β-unsaturated/α-hetero) is 2. The largest absolute Gasteiger partial charge is 0.312 e. The molecular formula is C43H35NO2S. The SMILES string of the molecule is Cc1cc(C)c(N2/C(=C\C=C3C(=O)c4cc5ccccc5cc4C3=O)C3(CCCCC3)c3c2ccc2c3sc3ccccc32)c(C)c1. The van der Waals surface area contributed by atoms with E-state index in [-0.39, 0.29) is 22.6 Å². The second-order valence-electron chi connectivity index (χ2n) is 13.7. The number of aryl methyl sites for hydroxylation is 3. The molecule has 1 aromatic heterocycles. The van der Waals surface area contributed by atoms with Gasteiger partial charge in [0.05, 0.1) is 16.9 Å². The van der Waals surface area contributed by atoms with Crippen LogP contribution in [0.1, 0.15) is 75.1 Å². The van der Waals surface area contributed by atoms with E-state index >= 15 is 0 Å². The van der Waals surface area contributed by atoms with Gasteiger partial charge in [-0.1, -0.05) is 85.5 Å². The number of rotatable bonds is 2. The zero-order valence-electron chi connectivity index (χ0n) is 26.9. The maximum Gasteiger partial charge on any atom is 0.197 e. The predicted octanol–water partition coefficient (Wildman–Crippen LogP) is 11.4. The summed E-state index contributed by atoms with van der Waals surface area (Å²) in [5, 5.41) is 4.57. The highest BCUT2D eigenvalue weighted by Gasteiger charge is 2.50. The maximum atomic E-state index is 13.9. The Morgan fingerprint density at radius 1 is 0.702 bits per heavy atom. The van der Waals surface area contributed by atoms with Crippen molar-refractivity contribution >= 4 is 65.2 Å². The quantitative estimate of drug-likeness (QED) is 0.141. The number of hydrogen-bond donors (Lipinski definition) is 0. The van der Waals surface area contributed by atoms with Gasteiger partial charge in [-0.25, -0.2) is 0 Å². The summed E-state index contributed by atoms with van der Waals surface area (Å²) >= 11 is 1.90. The van der Waals surface area contributed by atoms with Crippen LogP contribution in [0.2, 0.25) is 0 Å². The third kappa shape index (κ3) is 4.04. The molecule has 1 saturated carbocycles. The van der Waals surface area contributed by atoms with Crippen LogP contribution < -0.4 is 4.90 Å². The highest BCUT2D eigenvalue weighted by molar-refractivity contribution is 7.26. The Labute approximate surface area is 278 Å². The minimum Gasteiger partial charge on any atom is -0.312 e. The third-order valence-corrected chi connectivity index (χ3v) is 12.0. The van der Waals surface area contributed by atoms with Gasteiger partial charge in [0.25, 0.3) is 0 Å². The average Bonchev–Trinajstić information content (AvgIpc) is 3.65. The van der Waals surface area contributed by atoms with Crippen LogP contribution in [0.15, 0.2) is 108 Å². The van der Waals surface area contributed by atoms with E-state index in [0.29, 0.717) is 11.1 Å². The molecule has 3 aliphatic rings. The normalized spacial score (nSPS) is 17.9. The topological polar surface area (TPSA) is 37.4 Å². The standard InChI is InChI=1S/C43H35NO2S/c1-25-21-26(2)39(27(3)22-25)44-35-17-15-31-30-13-7-8-14-36(30)47-42(31)38(35)43(19-9-4-10-20-43)37(44)18-16-32-40(45)33-23-28-11-5-6-12-29(28)24-34(33)41(32)46/h5-8,11-18,21-24H,4,9-10,19-20H2,1-3H3/b37-18-. The van der Waals surface area contributed by atoms with Crippen molar-refractivity contribution in [2.75, 3.05) is 4.90 Å². The summed E-state index contributed by atoms with van der Waals surface area (Å²) in [6.07, 6.45) is 9.57. The number of allylic oxidation sites excluding steroid dienone is 4. The number of ketones is 2.